The van der Waals surface area contributed by atoms with Crippen LogP contribution in [0.3, 0.4) is 0 Å². The molecular weight excluding hydrogens is 196 g/mol. The second-order valence-electron chi connectivity index (χ2n) is 6.29. The Labute approximate surface area is 101 Å². The first-order chi connectivity index (χ1) is 7.39. The second kappa shape index (κ2) is 5.33. The smallest absolute Gasteiger partial charge is 0.132 e. The highest BCUT2D eigenvalue weighted by Crippen LogP contribution is 2.49. The van der Waals surface area contributed by atoms with Gasteiger partial charge < -0.3 is 0 Å². The number of rotatable bonds is 5. The van der Waals surface area contributed by atoms with E-state index in [1.807, 2.05) is 0 Å². The molecule has 1 saturated carbocycles. The number of Topliss-reactive ketones (excluding diaryl/α,β-unsaturated/α-hetero) is 1. The van der Waals surface area contributed by atoms with Crippen molar-refractivity contribution in [2.45, 2.75) is 66.7 Å². The normalized spacial score (nSPS) is 30.3. The molecule has 0 saturated heterocycles. The fraction of sp³-hybridized carbons (Fsp3) is 0.933. The Balaban J connectivity index is 2.47. The van der Waals surface area contributed by atoms with Crippen LogP contribution >= 0.6 is 0 Å². The minimum Gasteiger partial charge on any atom is -0.300 e. The van der Waals surface area contributed by atoms with Gasteiger partial charge in [-0.15, -0.1) is 0 Å². The summed E-state index contributed by atoms with van der Waals surface area (Å²) in [6, 6.07) is 0. The minimum atomic E-state index is 0.312. The summed E-state index contributed by atoms with van der Waals surface area (Å²) in [7, 11) is 0. The van der Waals surface area contributed by atoms with Crippen molar-refractivity contribution < 1.29 is 4.79 Å². The molecule has 0 aliphatic heterocycles. The molecule has 0 heterocycles. The van der Waals surface area contributed by atoms with Crippen molar-refractivity contribution in [3.05, 3.63) is 0 Å². The lowest BCUT2D eigenvalue weighted by Crippen LogP contribution is -2.24. The van der Waals surface area contributed by atoms with Crippen molar-refractivity contribution in [3.63, 3.8) is 0 Å². The van der Waals surface area contributed by atoms with E-state index in [2.05, 4.69) is 27.7 Å². The molecule has 0 amide bonds. The van der Waals surface area contributed by atoms with Crippen LogP contribution in [-0.2, 0) is 4.79 Å². The van der Waals surface area contributed by atoms with Gasteiger partial charge in [-0.1, -0.05) is 27.7 Å². The van der Waals surface area contributed by atoms with Crippen LogP contribution in [0.2, 0.25) is 0 Å². The molecule has 94 valence electrons. The maximum Gasteiger partial charge on any atom is 0.132 e. The second-order valence-corrected chi connectivity index (χ2v) is 6.29. The summed E-state index contributed by atoms with van der Waals surface area (Å²) < 4.78 is 0. The fourth-order valence-corrected chi connectivity index (χ4v) is 3.21. The van der Waals surface area contributed by atoms with Crippen LogP contribution < -0.4 is 0 Å². The quantitative estimate of drug-likeness (QED) is 0.674. The summed E-state index contributed by atoms with van der Waals surface area (Å²) in [6.07, 6.45) is 6.09. The first-order valence-corrected chi connectivity index (χ1v) is 6.90. The predicted octanol–water partition coefficient (Wildman–Crippen LogP) is 4.45. The molecule has 0 radical (unpaired) electrons. The maximum absolute atomic E-state index is 11.4. The molecule has 0 spiro atoms. The van der Waals surface area contributed by atoms with Crippen LogP contribution in [-0.4, -0.2) is 5.78 Å². The lowest BCUT2D eigenvalue weighted by Gasteiger charge is -2.32. The van der Waals surface area contributed by atoms with E-state index in [1.165, 1.54) is 19.3 Å². The Bertz CT molecular complexity index is 242. The number of carbonyl (C=O) groups is 1. The zero-order chi connectivity index (χ0) is 12.3. The van der Waals surface area contributed by atoms with E-state index in [-0.39, 0.29) is 0 Å². The van der Waals surface area contributed by atoms with E-state index in [4.69, 9.17) is 0 Å². The molecule has 16 heavy (non-hydrogen) atoms. The third kappa shape index (κ3) is 2.87. The monoisotopic (exact) mass is 224 g/mol. The molecular formula is C15H28O. The highest BCUT2D eigenvalue weighted by atomic mass is 16.1. The van der Waals surface area contributed by atoms with Crippen molar-refractivity contribution in [2.75, 3.05) is 0 Å². The SMILES string of the molecule is CCC(CCC1CCC(C)C1(C)C)C(C)=O. The molecule has 0 N–H and O–H groups in total. The molecule has 1 heteroatoms. The fourth-order valence-electron chi connectivity index (χ4n) is 3.21. The van der Waals surface area contributed by atoms with Gasteiger partial charge in [0.05, 0.1) is 0 Å². The van der Waals surface area contributed by atoms with E-state index in [1.54, 1.807) is 6.92 Å². The minimum absolute atomic E-state index is 0.312. The largest absolute Gasteiger partial charge is 0.300 e. The Morgan fingerprint density at radius 2 is 2.00 bits per heavy atom. The number of hydrogen-bond acceptors (Lipinski definition) is 1. The molecule has 0 aromatic carbocycles. The first kappa shape index (κ1) is 13.7. The third-order valence-electron chi connectivity index (χ3n) is 5.20. The van der Waals surface area contributed by atoms with Gasteiger partial charge in [-0.05, 0) is 56.3 Å². The van der Waals surface area contributed by atoms with Crippen LogP contribution in [0, 0.1) is 23.2 Å². The molecule has 1 nitrogen and oxygen atoms in total. The Kier molecular flexibility index (Phi) is 4.58. The zero-order valence-electron chi connectivity index (χ0n) is 11.7. The van der Waals surface area contributed by atoms with Gasteiger partial charge >= 0.3 is 0 Å². The molecule has 1 aliphatic rings. The summed E-state index contributed by atoms with van der Waals surface area (Å²) in [5.41, 5.74) is 0.481. The lowest BCUT2D eigenvalue weighted by molar-refractivity contribution is -0.121. The maximum atomic E-state index is 11.4. The van der Waals surface area contributed by atoms with Gasteiger partial charge in [-0.2, -0.15) is 0 Å². The van der Waals surface area contributed by atoms with Crippen LogP contribution in [0.1, 0.15) is 66.7 Å². The van der Waals surface area contributed by atoms with Crippen molar-refractivity contribution in [2.24, 2.45) is 23.2 Å². The number of ketones is 1. The van der Waals surface area contributed by atoms with Gasteiger partial charge in [0, 0.05) is 5.92 Å². The molecule has 3 unspecified atom stereocenters. The average Bonchev–Trinajstić information content (AvgIpc) is 2.44. The highest BCUT2D eigenvalue weighted by molar-refractivity contribution is 5.78. The number of hydrogen-bond donors (Lipinski definition) is 0. The molecule has 0 aromatic rings. The zero-order valence-corrected chi connectivity index (χ0v) is 11.7. The van der Waals surface area contributed by atoms with Gasteiger partial charge in [0.1, 0.15) is 5.78 Å². The number of carbonyl (C=O) groups excluding carboxylic acids is 1. The van der Waals surface area contributed by atoms with Crippen molar-refractivity contribution in [3.8, 4) is 0 Å². The van der Waals surface area contributed by atoms with Crippen LogP contribution in [0.15, 0.2) is 0 Å². The van der Waals surface area contributed by atoms with Crippen molar-refractivity contribution >= 4 is 5.78 Å². The van der Waals surface area contributed by atoms with Gasteiger partial charge in [0.2, 0.25) is 0 Å². The van der Waals surface area contributed by atoms with Gasteiger partial charge in [-0.3, -0.25) is 4.79 Å². The van der Waals surface area contributed by atoms with E-state index in [9.17, 15) is 4.79 Å². The summed E-state index contributed by atoms with van der Waals surface area (Å²) in [4.78, 5) is 11.4. The molecule has 1 aliphatic carbocycles. The molecule has 0 aromatic heterocycles. The molecule has 0 bridgehead atoms. The van der Waals surface area contributed by atoms with Crippen molar-refractivity contribution in [1.82, 2.24) is 0 Å². The predicted molar refractivity (Wildman–Crippen MR) is 69.4 cm³/mol. The van der Waals surface area contributed by atoms with Crippen LogP contribution in [0.25, 0.3) is 0 Å². The highest BCUT2D eigenvalue weighted by Gasteiger charge is 2.39. The standard InChI is InChI=1S/C15H28O/c1-6-13(12(3)16)8-10-14-9-7-11(2)15(14,4)5/h11,13-14H,6-10H2,1-5H3. The first-order valence-electron chi connectivity index (χ1n) is 6.90. The van der Waals surface area contributed by atoms with E-state index in [0.717, 1.165) is 24.7 Å². The van der Waals surface area contributed by atoms with Crippen LogP contribution in [0.5, 0.6) is 0 Å². The van der Waals surface area contributed by atoms with Crippen molar-refractivity contribution in [1.29, 1.82) is 0 Å². The Morgan fingerprint density at radius 1 is 1.38 bits per heavy atom. The van der Waals surface area contributed by atoms with E-state index < -0.39 is 0 Å². The Hall–Kier alpha value is -0.330. The summed E-state index contributed by atoms with van der Waals surface area (Å²) >= 11 is 0. The van der Waals surface area contributed by atoms with Crippen LogP contribution in [0.4, 0.5) is 0 Å². The van der Waals surface area contributed by atoms with Gasteiger partial charge in [0.15, 0.2) is 0 Å². The summed E-state index contributed by atoms with van der Waals surface area (Å²) in [5, 5.41) is 0. The summed E-state index contributed by atoms with van der Waals surface area (Å²) in [5.74, 6) is 2.36. The van der Waals surface area contributed by atoms with E-state index in [0.29, 0.717) is 17.1 Å². The lowest BCUT2D eigenvalue weighted by atomic mass is 9.73. The molecule has 1 rings (SSSR count). The summed E-state index contributed by atoms with van der Waals surface area (Å²) in [6.45, 7) is 11.1. The van der Waals surface area contributed by atoms with Gasteiger partial charge in [0.25, 0.3) is 0 Å². The van der Waals surface area contributed by atoms with Gasteiger partial charge in [-0.25, -0.2) is 0 Å². The topological polar surface area (TPSA) is 17.1 Å². The van der Waals surface area contributed by atoms with E-state index >= 15 is 0 Å². The Morgan fingerprint density at radius 3 is 2.38 bits per heavy atom. The third-order valence-corrected chi connectivity index (χ3v) is 5.20. The molecule has 3 atom stereocenters. The molecule has 1 fully saturated rings. The average molecular weight is 224 g/mol.